The van der Waals surface area contributed by atoms with Crippen LogP contribution in [0.25, 0.3) is 27.3 Å². The molecule has 0 radical (unpaired) electrons. The Balaban J connectivity index is 1.91. The van der Waals surface area contributed by atoms with E-state index < -0.39 is 0 Å². The Kier molecular flexibility index (Phi) is 3.93. The molecule has 0 N–H and O–H groups in total. The van der Waals surface area contributed by atoms with Crippen LogP contribution in [0.2, 0.25) is 0 Å². The Morgan fingerprint density at radius 3 is 2.71 bits per heavy atom. The minimum absolute atomic E-state index is 0.205. The van der Waals surface area contributed by atoms with Crippen molar-refractivity contribution < 1.29 is 4.39 Å². The van der Waals surface area contributed by atoms with Gasteiger partial charge in [0.05, 0.1) is 11.2 Å². The molecule has 2 nitrogen and oxygen atoms in total. The van der Waals surface area contributed by atoms with E-state index in [4.69, 9.17) is 4.98 Å². The fourth-order valence-corrected chi connectivity index (χ4v) is 3.50. The van der Waals surface area contributed by atoms with Gasteiger partial charge >= 0.3 is 0 Å². The second-order valence-corrected chi connectivity index (χ2v) is 6.44. The number of para-hydroxylation sites is 1. The van der Waals surface area contributed by atoms with E-state index in [0.29, 0.717) is 0 Å². The number of unbranched alkanes of at least 4 members (excludes halogenated alkanes) is 3. The van der Waals surface area contributed by atoms with Crippen molar-refractivity contribution in [3.8, 4) is 0 Å². The molecule has 4 rings (SSSR count). The number of hydrogen-bond acceptors (Lipinski definition) is 1. The number of nitrogens with zero attached hydrogens (tertiary/aromatic N) is 2. The average Bonchev–Trinajstić information content (AvgIpc) is 3.03. The Morgan fingerprint density at radius 1 is 0.958 bits per heavy atom. The van der Waals surface area contributed by atoms with Crippen LogP contribution in [-0.2, 0) is 6.42 Å². The van der Waals surface area contributed by atoms with Crippen molar-refractivity contribution in [2.45, 2.75) is 39.0 Å². The second kappa shape index (κ2) is 6.23. The van der Waals surface area contributed by atoms with Crippen LogP contribution in [0.1, 0.15) is 38.3 Å². The largest absolute Gasteiger partial charge is 0.299 e. The number of imidazole rings is 1. The minimum atomic E-state index is -0.205. The number of pyridine rings is 1. The Morgan fingerprint density at radius 2 is 1.83 bits per heavy atom. The molecule has 0 unspecified atom stereocenters. The lowest BCUT2D eigenvalue weighted by molar-refractivity contribution is 0.630. The van der Waals surface area contributed by atoms with E-state index in [2.05, 4.69) is 29.7 Å². The van der Waals surface area contributed by atoms with Gasteiger partial charge in [-0.2, -0.15) is 0 Å². The van der Waals surface area contributed by atoms with Crippen molar-refractivity contribution >= 4 is 27.3 Å². The topological polar surface area (TPSA) is 17.3 Å². The highest BCUT2D eigenvalue weighted by molar-refractivity contribution is 6.11. The number of hydrogen-bond donors (Lipinski definition) is 0. The molecule has 0 fully saturated rings. The zero-order valence-corrected chi connectivity index (χ0v) is 13.9. The summed E-state index contributed by atoms with van der Waals surface area (Å²) in [5, 5.41) is 3.01. The Hall–Kier alpha value is -2.42. The predicted octanol–water partition coefficient (Wildman–Crippen LogP) is 5.90. The maximum atomic E-state index is 13.8. The minimum Gasteiger partial charge on any atom is -0.299 e. The molecule has 0 saturated carbocycles. The van der Waals surface area contributed by atoms with E-state index in [9.17, 15) is 4.39 Å². The first-order valence-electron chi connectivity index (χ1n) is 8.76. The fourth-order valence-electron chi connectivity index (χ4n) is 3.50. The van der Waals surface area contributed by atoms with Crippen molar-refractivity contribution in [2.24, 2.45) is 0 Å². The molecule has 0 atom stereocenters. The van der Waals surface area contributed by atoms with Crippen molar-refractivity contribution in [1.82, 2.24) is 9.38 Å². The maximum absolute atomic E-state index is 13.8. The van der Waals surface area contributed by atoms with Gasteiger partial charge < -0.3 is 0 Å². The van der Waals surface area contributed by atoms with Crippen LogP contribution in [0.3, 0.4) is 0 Å². The summed E-state index contributed by atoms with van der Waals surface area (Å²) in [4.78, 5) is 4.86. The highest BCUT2D eigenvalue weighted by atomic mass is 19.1. The van der Waals surface area contributed by atoms with Crippen LogP contribution >= 0.6 is 0 Å². The van der Waals surface area contributed by atoms with Gasteiger partial charge in [-0.05, 0) is 42.5 Å². The number of fused-ring (bicyclic) bond motifs is 6. The van der Waals surface area contributed by atoms with Gasteiger partial charge in [-0.25, -0.2) is 9.37 Å². The molecule has 0 bridgehead atoms. The first-order chi connectivity index (χ1) is 11.8. The third-order valence-electron chi connectivity index (χ3n) is 4.72. The molecule has 122 valence electrons. The standard InChI is InChI=1S/C21H21FN2/c1-2-3-4-5-8-16-14-24-20-10-7-6-9-17(20)19-13-15(22)11-12-18(19)21(24)23-16/h6-7,9-14H,2-5,8H2,1H3. The predicted molar refractivity (Wildman–Crippen MR) is 98.0 cm³/mol. The van der Waals surface area contributed by atoms with Crippen molar-refractivity contribution in [3.63, 3.8) is 0 Å². The van der Waals surface area contributed by atoms with Crippen molar-refractivity contribution in [2.75, 3.05) is 0 Å². The van der Waals surface area contributed by atoms with E-state index in [0.717, 1.165) is 39.4 Å². The molecule has 4 aromatic rings. The van der Waals surface area contributed by atoms with Gasteiger partial charge in [0.2, 0.25) is 0 Å². The monoisotopic (exact) mass is 320 g/mol. The van der Waals surface area contributed by atoms with E-state index in [1.165, 1.54) is 31.7 Å². The van der Waals surface area contributed by atoms with Gasteiger partial charge in [0.1, 0.15) is 11.5 Å². The van der Waals surface area contributed by atoms with Crippen LogP contribution in [-0.4, -0.2) is 9.38 Å². The fraction of sp³-hybridized carbons (Fsp3) is 0.286. The zero-order chi connectivity index (χ0) is 16.5. The summed E-state index contributed by atoms with van der Waals surface area (Å²) in [6.45, 7) is 2.22. The molecule has 0 aliphatic heterocycles. The van der Waals surface area contributed by atoms with Crippen molar-refractivity contribution in [1.29, 1.82) is 0 Å². The quantitative estimate of drug-likeness (QED) is 0.330. The third-order valence-corrected chi connectivity index (χ3v) is 4.72. The molecule has 2 aromatic heterocycles. The highest BCUT2D eigenvalue weighted by Crippen LogP contribution is 2.30. The number of rotatable bonds is 5. The molecule has 0 aliphatic rings. The molecule has 2 heterocycles. The van der Waals surface area contributed by atoms with Crippen LogP contribution in [0, 0.1) is 5.82 Å². The lowest BCUT2D eigenvalue weighted by Gasteiger charge is -2.07. The number of benzene rings is 2. The number of halogens is 1. The summed E-state index contributed by atoms with van der Waals surface area (Å²) in [6, 6.07) is 13.1. The summed E-state index contributed by atoms with van der Waals surface area (Å²) >= 11 is 0. The second-order valence-electron chi connectivity index (χ2n) is 6.44. The van der Waals surface area contributed by atoms with Gasteiger partial charge in [0.25, 0.3) is 0 Å². The van der Waals surface area contributed by atoms with Gasteiger partial charge in [-0.1, -0.05) is 44.4 Å². The SMILES string of the molecule is CCCCCCc1cn2c3ccccc3c3cc(F)ccc3c2n1. The summed E-state index contributed by atoms with van der Waals surface area (Å²) in [7, 11) is 0. The average molecular weight is 320 g/mol. The summed E-state index contributed by atoms with van der Waals surface area (Å²) in [5.41, 5.74) is 3.13. The van der Waals surface area contributed by atoms with Gasteiger partial charge in [-0.3, -0.25) is 4.40 Å². The van der Waals surface area contributed by atoms with E-state index >= 15 is 0 Å². The van der Waals surface area contributed by atoms with Crippen LogP contribution in [0.4, 0.5) is 4.39 Å². The summed E-state index contributed by atoms with van der Waals surface area (Å²) in [5.74, 6) is -0.205. The number of aryl methyl sites for hydroxylation is 1. The van der Waals surface area contributed by atoms with E-state index in [1.807, 2.05) is 18.2 Å². The zero-order valence-electron chi connectivity index (χ0n) is 13.9. The summed E-state index contributed by atoms with van der Waals surface area (Å²) < 4.78 is 15.9. The van der Waals surface area contributed by atoms with Gasteiger partial charge in [0, 0.05) is 17.0 Å². The lowest BCUT2D eigenvalue weighted by Crippen LogP contribution is -1.90. The molecular weight excluding hydrogens is 299 g/mol. The highest BCUT2D eigenvalue weighted by Gasteiger charge is 2.12. The van der Waals surface area contributed by atoms with Crippen LogP contribution in [0.15, 0.2) is 48.7 Å². The molecular formula is C21H21FN2. The molecule has 0 aliphatic carbocycles. The molecule has 0 amide bonds. The van der Waals surface area contributed by atoms with Crippen LogP contribution < -0.4 is 0 Å². The molecule has 2 aromatic carbocycles. The first-order valence-corrected chi connectivity index (χ1v) is 8.76. The maximum Gasteiger partial charge on any atom is 0.145 e. The Bertz CT molecular complexity index is 1020. The molecule has 3 heteroatoms. The Labute approximate surface area is 140 Å². The van der Waals surface area contributed by atoms with E-state index in [1.54, 1.807) is 6.07 Å². The third kappa shape index (κ3) is 2.54. The smallest absolute Gasteiger partial charge is 0.145 e. The molecule has 0 saturated heterocycles. The van der Waals surface area contributed by atoms with Crippen molar-refractivity contribution in [3.05, 3.63) is 60.2 Å². The van der Waals surface area contributed by atoms with E-state index in [-0.39, 0.29) is 5.82 Å². The first kappa shape index (κ1) is 15.1. The number of aromatic nitrogens is 2. The normalized spacial score (nSPS) is 11.8. The lowest BCUT2D eigenvalue weighted by atomic mass is 10.1. The molecule has 0 spiro atoms. The summed E-state index contributed by atoms with van der Waals surface area (Å²) in [6.07, 6.45) is 8.08. The van der Waals surface area contributed by atoms with Crippen LogP contribution in [0.5, 0.6) is 0 Å². The van der Waals surface area contributed by atoms with Gasteiger partial charge in [0.15, 0.2) is 0 Å². The molecule has 24 heavy (non-hydrogen) atoms. The van der Waals surface area contributed by atoms with Gasteiger partial charge in [-0.15, -0.1) is 0 Å².